The zero-order chi connectivity index (χ0) is 18.4. The SMILES string of the molecule is C=Cc1c(O)cc(/C=N/NC(=C)Sc2ccccc2N)c(O)c1C=C. The molecule has 0 radical (unpaired) electrons. The van der Waals surface area contributed by atoms with Gasteiger partial charge in [0.25, 0.3) is 0 Å². The Morgan fingerprint density at radius 2 is 1.84 bits per heavy atom. The molecule has 0 heterocycles. The van der Waals surface area contributed by atoms with Gasteiger partial charge in [0.1, 0.15) is 11.5 Å². The average molecular weight is 353 g/mol. The van der Waals surface area contributed by atoms with Gasteiger partial charge < -0.3 is 15.9 Å². The number of nitrogens with zero attached hydrogens (tertiary/aromatic N) is 1. The quantitative estimate of drug-likeness (QED) is 0.197. The topological polar surface area (TPSA) is 90.9 Å². The summed E-state index contributed by atoms with van der Waals surface area (Å²) in [5, 5.41) is 24.9. The smallest absolute Gasteiger partial charge is 0.132 e. The number of hydrogen-bond donors (Lipinski definition) is 4. The highest BCUT2D eigenvalue weighted by Crippen LogP contribution is 2.34. The molecule has 0 unspecified atom stereocenters. The Bertz CT molecular complexity index is 860. The Kier molecular flexibility index (Phi) is 5.92. The predicted octanol–water partition coefficient (Wildman–Crippen LogP) is 4.15. The molecular formula is C19H19N3O2S. The second-order valence-electron chi connectivity index (χ2n) is 5.00. The molecule has 0 aliphatic rings. The number of nitrogen functional groups attached to an aromatic ring is 1. The van der Waals surface area contributed by atoms with Crippen LogP contribution in [-0.4, -0.2) is 16.4 Å². The summed E-state index contributed by atoms with van der Waals surface area (Å²) in [4.78, 5) is 0.861. The minimum Gasteiger partial charge on any atom is -0.507 e. The summed E-state index contributed by atoms with van der Waals surface area (Å²) < 4.78 is 0. The fraction of sp³-hybridized carbons (Fsp3) is 0. The summed E-state index contributed by atoms with van der Waals surface area (Å²) >= 11 is 1.34. The van der Waals surface area contributed by atoms with Crippen molar-refractivity contribution >= 4 is 35.8 Å². The van der Waals surface area contributed by atoms with E-state index < -0.39 is 0 Å². The molecule has 2 rings (SSSR count). The molecule has 2 aromatic carbocycles. The first-order chi connectivity index (χ1) is 12.0. The van der Waals surface area contributed by atoms with Crippen molar-refractivity contribution in [1.82, 2.24) is 5.43 Å². The molecule has 6 heteroatoms. The van der Waals surface area contributed by atoms with Crippen molar-refractivity contribution in [3.63, 3.8) is 0 Å². The van der Waals surface area contributed by atoms with Crippen LogP contribution in [-0.2, 0) is 0 Å². The normalized spacial score (nSPS) is 10.6. The van der Waals surface area contributed by atoms with Crippen LogP contribution in [0.4, 0.5) is 5.69 Å². The van der Waals surface area contributed by atoms with Gasteiger partial charge in [0.2, 0.25) is 0 Å². The van der Waals surface area contributed by atoms with E-state index in [0.29, 0.717) is 27.4 Å². The highest BCUT2D eigenvalue weighted by molar-refractivity contribution is 8.03. The molecule has 0 saturated carbocycles. The van der Waals surface area contributed by atoms with Gasteiger partial charge in [-0.1, -0.05) is 55.8 Å². The lowest BCUT2D eigenvalue weighted by molar-refractivity contribution is 0.457. The second kappa shape index (κ2) is 8.12. The second-order valence-corrected chi connectivity index (χ2v) is 6.14. The lowest BCUT2D eigenvalue weighted by Crippen LogP contribution is -2.02. The van der Waals surface area contributed by atoms with E-state index >= 15 is 0 Å². The molecule has 5 nitrogen and oxygen atoms in total. The van der Waals surface area contributed by atoms with Gasteiger partial charge in [0.15, 0.2) is 0 Å². The highest BCUT2D eigenvalue weighted by Gasteiger charge is 2.12. The van der Waals surface area contributed by atoms with E-state index in [2.05, 4.69) is 30.3 Å². The van der Waals surface area contributed by atoms with Crippen molar-refractivity contribution in [1.29, 1.82) is 0 Å². The number of nitrogens with two attached hydrogens (primary N) is 1. The Balaban J connectivity index is 2.13. The van der Waals surface area contributed by atoms with E-state index in [4.69, 9.17) is 5.73 Å². The van der Waals surface area contributed by atoms with Gasteiger partial charge in [-0.25, -0.2) is 0 Å². The van der Waals surface area contributed by atoms with Gasteiger partial charge in [-0.05, 0) is 18.2 Å². The Morgan fingerprint density at radius 3 is 2.48 bits per heavy atom. The van der Waals surface area contributed by atoms with E-state index in [0.717, 1.165) is 4.90 Å². The summed E-state index contributed by atoms with van der Waals surface area (Å²) in [6.45, 7) is 11.1. The molecule has 0 aliphatic heterocycles. The first-order valence-electron chi connectivity index (χ1n) is 7.32. The van der Waals surface area contributed by atoms with Crippen LogP contribution in [0, 0.1) is 0 Å². The number of aromatic hydroxyl groups is 2. The third-order valence-electron chi connectivity index (χ3n) is 3.34. The largest absolute Gasteiger partial charge is 0.507 e. The first-order valence-corrected chi connectivity index (χ1v) is 8.13. The highest BCUT2D eigenvalue weighted by atomic mass is 32.2. The van der Waals surface area contributed by atoms with Crippen LogP contribution in [0.1, 0.15) is 16.7 Å². The van der Waals surface area contributed by atoms with Crippen LogP contribution in [0.15, 0.2) is 65.1 Å². The van der Waals surface area contributed by atoms with E-state index in [-0.39, 0.29) is 11.5 Å². The van der Waals surface area contributed by atoms with Gasteiger partial charge >= 0.3 is 0 Å². The fourth-order valence-electron chi connectivity index (χ4n) is 2.14. The van der Waals surface area contributed by atoms with Crippen molar-refractivity contribution in [2.24, 2.45) is 5.10 Å². The van der Waals surface area contributed by atoms with E-state index in [9.17, 15) is 10.2 Å². The Morgan fingerprint density at radius 1 is 1.16 bits per heavy atom. The molecule has 0 saturated heterocycles. The third kappa shape index (κ3) is 4.24. The fourth-order valence-corrected chi connectivity index (χ4v) is 2.83. The predicted molar refractivity (Wildman–Crippen MR) is 107 cm³/mol. The van der Waals surface area contributed by atoms with Crippen LogP contribution < -0.4 is 11.2 Å². The minimum absolute atomic E-state index is 0.0191. The van der Waals surface area contributed by atoms with Crippen LogP contribution in [0.25, 0.3) is 12.2 Å². The van der Waals surface area contributed by atoms with Crippen molar-refractivity contribution < 1.29 is 10.2 Å². The Labute approximate surface area is 150 Å². The molecule has 0 amide bonds. The van der Waals surface area contributed by atoms with Gasteiger partial charge in [0.05, 0.1) is 11.2 Å². The summed E-state index contributed by atoms with van der Waals surface area (Å²) in [7, 11) is 0. The van der Waals surface area contributed by atoms with Gasteiger partial charge in [0, 0.05) is 27.3 Å². The first kappa shape index (κ1) is 18.2. The average Bonchev–Trinajstić information content (AvgIpc) is 2.59. The summed E-state index contributed by atoms with van der Waals surface area (Å²) in [6, 6.07) is 8.82. The molecular weight excluding hydrogens is 334 g/mol. The van der Waals surface area contributed by atoms with Crippen LogP contribution >= 0.6 is 11.8 Å². The molecule has 0 spiro atoms. The number of nitrogens with one attached hydrogen (secondary N) is 1. The molecule has 25 heavy (non-hydrogen) atoms. The summed E-state index contributed by atoms with van der Waals surface area (Å²) in [5.74, 6) is -0.0618. The number of benzene rings is 2. The van der Waals surface area contributed by atoms with Crippen molar-refractivity contribution in [2.75, 3.05) is 5.73 Å². The molecule has 2 aromatic rings. The van der Waals surface area contributed by atoms with Crippen molar-refractivity contribution in [2.45, 2.75) is 4.90 Å². The number of anilines is 1. The number of rotatable bonds is 7. The number of hydrazone groups is 1. The number of phenols is 2. The maximum atomic E-state index is 10.3. The van der Waals surface area contributed by atoms with E-state index in [1.807, 2.05) is 18.2 Å². The van der Waals surface area contributed by atoms with Crippen molar-refractivity contribution in [3.8, 4) is 11.5 Å². The molecule has 128 valence electrons. The van der Waals surface area contributed by atoms with Gasteiger partial charge in [-0.3, -0.25) is 5.43 Å². The maximum Gasteiger partial charge on any atom is 0.132 e. The molecule has 0 fully saturated rings. The molecule has 0 aliphatic carbocycles. The van der Waals surface area contributed by atoms with E-state index in [1.54, 1.807) is 6.07 Å². The molecule has 5 N–H and O–H groups in total. The third-order valence-corrected chi connectivity index (χ3v) is 4.27. The van der Waals surface area contributed by atoms with Gasteiger partial charge in [-0.2, -0.15) is 5.10 Å². The maximum absolute atomic E-state index is 10.3. The van der Waals surface area contributed by atoms with Crippen molar-refractivity contribution in [3.05, 3.63) is 71.8 Å². The lowest BCUT2D eigenvalue weighted by Gasteiger charge is -2.10. The standard InChI is InChI=1S/C19H19N3O2S/c1-4-14-15(5-2)19(24)13(10-17(14)23)11-21-22-12(3)25-18-9-7-6-8-16(18)20/h4-11,22-24H,1-3,20H2/b21-11+. The zero-order valence-electron chi connectivity index (χ0n) is 13.6. The van der Waals surface area contributed by atoms with E-state index in [1.165, 1.54) is 36.2 Å². The number of para-hydroxylation sites is 1. The van der Waals surface area contributed by atoms with Crippen LogP contribution in [0.2, 0.25) is 0 Å². The molecule has 0 atom stereocenters. The minimum atomic E-state index is -0.0428. The summed E-state index contributed by atoms with van der Waals surface area (Å²) in [6.07, 6.45) is 4.28. The molecule has 0 bridgehead atoms. The van der Waals surface area contributed by atoms with Gasteiger partial charge in [-0.15, -0.1) is 0 Å². The lowest BCUT2D eigenvalue weighted by atomic mass is 10.0. The monoisotopic (exact) mass is 353 g/mol. The van der Waals surface area contributed by atoms with Crippen LogP contribution in [0.3, 0.4) is 0 Å². The molecule has 0 aromatic heterocycles. The summed E-state index contributed by atoms with van der Waals surface area (Å²) in [5.41, 5.74) is 10.4. The number of hydrogen-bond acceptors (Lipinski definition) is 6. The Hall–Kier alpha value is -3.12. The number of thioether (sulfide) groups is 1. The zero-order valence-corrected chi connectivity index (χ0v) is 14.4. The number of phenolic OH excluding ortho intramolecular Hbond substituents is 2. The van der Waals surface area contributed by atoms with Crippen LogP contribution in [0.5, 0.6) is 11.5 Å².